The van der Waals surface area contributed by atoms with Crippen LogP contribution in [0.1, 0.15) is 108 Å². The first-order valence-electron chi connectivity index (χ1n) is 12.9. The average Bonchev–Trinajstić information content (AvgIpc) is 2.82. The molecule has 0 aromatic heterocycles. The fourth-order valence-electron chi connectivity index (χ4n) is 3.85. The van der Waals surface area contributed by atoms with Gasteiger partial charge in [-0.05, 0) is 18.4 Å². The van der Waals surface area contributed by atoms with Crippen LogP contribution in [0, 0.1) is 23.4 Å². The molecule has 8 heteroatoms. The summed E-state index contributed by atoms with van der Waals surface area (Å²) in [6, 6.07) is -0.615. The average molecular weight is 502 g/mol. The molecule has 0 spiro atoms. The highest BCUT2D eigenvalue weighted by Gasteiger charge is 2.29. The van der Waals surface area contributed by atoms with Gasteiger partial charge in [0.1, 0.15) is 6.04 Å². The Morgan fingerprint density at radius 3 is 1.86 bits per heavy atom. The lowest BCUT2D eigenvalue weighted by Crippen LogP contribution is -2.45. The van der Waals surface area contributed by atoms with Crippen molar-refractivity contribution in [2.24, 2.45) is 5.92 Å². The van der Waals surface area contributed by atoms with E-state index >= 15 is 0 Å². The Balaban J connectivity index is 2.38. The number of benzene rings is 1. The lowest BCUT2D eigenvalue weighted by atomic mass is 10.0. The minimum absolute atomic E-state index is 0.225. The zero-order chi connectivity index (χ0) is 26.2. The predicted octanol–water partition coefficient (Wildman–Crippen LogP) is 7.11. The molecule has 1 amide bonds. The topological polar surface area (TPSA) is 64.6 Å². The van der Waals surface area contributed by atoms with Crippen LogP contribution >= 0.6 is 0 Å². The third-order valence-corrected chi connectivity index (χ3v) is 6.01. The van der Waals surface area contributed by atoms with Crippen LogP contribution in [-0.4, -0.2) is 31.6 Å². The van der Waals surface area contributed by atoms with Gasteiger partial charge in [-0.3, -0.25) is 4.79 Å². The number of nitrogens with one attached hydrogen (secondary N) is 1. The summed E-state index contributed by atoms with van der Waals surface area (Å²) in [7, 11) is 0.965. The van der Waals surface area contributed by atoms with Crippen LogP contribution in [0.4, 0.5) is 13.2 Å². The molecular weight excluding hydrogens is 459 g/mol. The zero-order valence-electron chi connectivity index (χ0n) is 21.7. The van der Waals surface area contributed by atoms with Crippen LogP contribution in [0.3, 0.4) is 0 Å². The van der Waals surface area contributed by atoms with Crippen molar-refractivity contribution in [3.63, 3.8) is 0 Å². The van der Waals surface area contributed by atoms with Crippen LogP contribution in [0.5, 0.6) is 5.75 Å². The van der Waals surface area contributed by atoms with Gasteiger partial charge >= 0.3 is 5.97 Å². The molecule has 200 valence electrons. The van der Waals surface area contributed by atoms with Gasteiger partial charge in [-0.2, -0.15) is 4.39 Å². The smallest absolute Gasteiger partial charge is 0.328 e. The lowest BCUT2D eigenvalue weighted by Gasteiger charge is -2.21. The van der Waals surface area contributed by atoms with E-state index in [1.54, 1.807) is 13.8 Å². The van der Waals surface area contributed by atoms with Gasteiger partial charge in [0, 0.05) is 0 Å². The molecule has 0 fully saturated rings. The van der Waals surface area contributed by atoms with Crippen molar-refractivity contribution in [3.05, 3.63) is 29.1 Å². The molecule has 0 aliphatic rings. The second-order valence-corrected chi connectivity index (χ2v) is 9.32. The van der Waals surface area contributed by atoms with Crippen LogP contribution in [0.2, 0.25) is 0 Å². The largest absolute Gasteiger partial charge is 0.491 e. The van der Waals surface area contributed by atoms with Gasteiger partial charge in [-0.25, -0.2) is 13.6 Å². The molecule has 1 aromatic rings. The van der Waals surface area contributed by atoms with E-state index in [0.29, 0.717) is 6.07 Å². The molecule has 0 bridgehead atoms. The number of unbranched alkanes of at least 4 members (excludes halogenated alkanes) is 11. The molecule has 1 N–H and O–H groups in total. The molecule has 1 aromatic carbocycles. The molecule has 0 saturated carbocycles. The second kappa shape index (κ2) is 17.2. The van der Waals surface area contributed by atoms with Gasteiger partial charge in [-0.1, -0.05) is 91.4 Å². The number of hydrogen-bond donors (Lipinski definition) is 1. The molecule has 1 unspecified atom stereocenters. The summed E-state index contributed by atoms with van der Waals surface area (Å²) >= 11 is 0. The van der Waals surface area contributed by atoms with E-state index in [0.717, 1.165) is 32.8 Å². The van der Waals surface area contributed by atoms with E-state index in [1.807, 2.05) is 0 Å². The van der Waals surface area contributed by atoms with E-state index < -0.39 is 46.7 Å². The summed E-state index contributed by atoms with van der Waals surface area (Å²) in [4.78, 5) is 25.0. The first-order valence-corrected chi connectivity index (χ1v) is 12.9. The minimum atomic E-state index is -1.52. The fraction of sp³-hybridized carbons (Fsp3) is 0.704. The SMILES string of the molecule is CCCCCCCCCCCCCCOC(=O)C(NC(=O)c1cc(F)c(F)c(OC)c1F)C(C)C. The number of carbonyl (C=O) groups is 2. The maximum absolute atomic E-state index is 14.4. The number of amides is 1. The van der Waals surface area contributed by atoms with Crippen molar-refractivity contribution in [2.75, 3.05) is 13.7 Å². The highest BCUT2D eigenvalue weighted by Crippen LogP contribution is 2.27. The van der Waals surface area contributed by atoms with Crippen LogP contribution in [0.15, 0.2) is 6.07 Å². The minimum Gasteiger partial charge on any atom is -0.491 e. The fourth-order valence-corrected chi connectivity index (χ4v) is 3.85. The molecule has 0 aliphatic heterocycles. The van der Waals surface area contributed by atoms with Crippen molar-refractivity contribution in [2.45, 2.75) is 104 Å². The number of hydrogen-bond acceptors (Lipinski definition) is 4. The van der Waals surface area contributed by atoms with Gasteiger partial charge in [0.15, 0.2) is 17.4 Å². The van der Waals surface area contributed by atoms with Gasteiger partial charge in [0.25, 0.3) is 5.91 Å². The van der Waals surface area contributed by atoms with Crippen molar-refractivity contribution in [1.82, 2.24) is 5.32 Å². The molecule has 5 nitrogen and oxygen atoms in total. The highest BCUT2D eigenvalue weighted by atomic mass is 19.2. The maximum Gasteiger partial charge on any atom is 0.328 e. The van der Waals surface area contributed by atoms with Crippen LogP contribution < -0.4 is 10.1 Å². The number of rotatable bonds is 18. The van der Waals surface area contributed by atoms with Crippen molar-refractivity contribution in [3.8, 4) is 5.75 Å². The third kappa shape index (κ3) is 10.9. The Labute approximate surface area is 208 Å². The third-order valence-electron chi connectivity index (χ3n) is 6.01. The summed E-state index contributed by atoms with van der Waals surface area (Å²) in [5.74, 6) is -7.34. The maximum atomic E-state index is 14.4. The Morgan fingerprint density at radius 1 is 0.857 bits per heavy atom. The number of ether oxygens (including phenoxy) is 2. The monoisotopic (exact) mass is 501 g/mol. The summed E-state index contributed by atoms with van der Waals surface area (Å²) in [5.41, 5.74) is -0.750. The summed E-state index contributed by atoms with van der Waals surface area (Å²) < 4.78 is 51.6. The van der Waals surface area contributed by atoms with E-state index in [2.05, 4.69) is 17.0 Å². The van der Waals surface area contributed by atoms with E-state index in [-0.39, 0.29) is 12.5 Å². The first-order chi connectivity index (χ1) is 16.7. The Morgan fingerprint density at radius 2 is 1.37 bits per heavy atom. The number of esters is 1. The van der Waals surface area contributed by atoms with Crippen molar-refractivity contribution < 1.29 is 32.2 Å². The van der Waals surface area contributed by atoms with Crippen LogP contribution in [0.25, 0.3) is 0 Å². The van der Waals surface area contributed by atoms with E-state index in [4.69, 9.17) is 4.74 Å². The van der Waals surface area contributed by atoms with Crippen molar-refractivity contribution >= 4 is 11.9 Å². The Hall–Kier alpha value is -2.25. The summed E-state index contributed by atoms with van der Waals surface area (Å²) in [6.07, 6.45) is 14.3. The molecule has 0 saturated heterocycles. The quantitative estimate of drug-likeness (QED) is 0.132. The Bertz CT molecular complexity index is 786. The van der Waals surface area contributed by atoms with E-state index in [1.165, 1.54) is 51.4 Å². The van der Waals surface area contributed by atoms with Gasteiger partial charge in [-0.15, -0.1) is 0 Å². The predicted molar refractivity (Wildman–Crippen MR) is 131 cm³/mol. The number of carbonyl (C=O) groups excluding carboxylic acids is 2. The summed E-state index contributed by atoms with van der Waals surface area (Å²) in [6.45, 7) is 5.83. The Kier molecular flexibility index (Phi) is 15.1. The van der Waals surface area contributed by atoms with Crippen LogP contribution in [-0.2, 0) is 9.53 Å². The standard InChI is InChI=1S/C27H42F3NO4/c1-5-6-7-8-9-10-11-12-13-14-15-16-17-35-27(33)24(19(2)3)31-26(32)20-18-21(28)23(30)25(34-4)22(20)29/h18-19,24H,5-17H2,1-4H3,(H,31,32). The first kappa shape index (κ1) is 30.8. The summed E-state index contributed by atoms with van der Waals surface area (Å²) in [5, 5.41) is 2.37. The normalized spacial score (nSPS) is 12.0. The highest BCUT2D eigenvalue weighted by molar-refractivity contribution is 5.97. The molecule has 0 aliphatic carbocycles. The number of methoxy groups -OCH3 is 1. The molecule has 0 radical (unpaired) electrons. The van der Waals surface area contributed by atoms with Gasteiger partial charge in [0.05, 0.1) is 19.3 Å². The molecule has 1 atom stereocenters. The molecule has 35 heavy (non-hydrogen) atoms. The van der Waals surface area contributed by atoms with Gasteiger partial charge < -0.3 is 14.8 Å². The zero-order valence-corrected chi connectivity index (χ0v) is 21.7. The molecular formula is C27H42F3NO4. The van der Waals surface area contributed by atoms with Crippen molar-refractivity contribution in [1.29, 1.82) is 0 Å². The van der Waals surface area contributed by atoms with Gasteiger partial charge in [0.2, 0.25) is 5.82 Å². The molecule has 0 heterocycles. The number of halogens is 3. The van der Waals surface area contributed by atoms with E-state index in [9.17, 15) is 22.8 Å². The second-order valence-electron chi connectivity index (χ2n) is 9.32. The lowest BCUT2D eigenvalue weighted by molar-refractivity contribution is -0.147. The molecule has 1 rings (SSSR count).